The summed E-state index contributed by atoms with van der Waals surface area (Å²) in [6.07, 6.45) is 0. The van der Waals surface area contributed by atoms with Crippen LogP contribution in [0.2, 0.25) is 5.02 Å². The molecule has 0 unspecified atom stereocenters. The van der Waals surface area contributed by atoms with Crippen molar-refractivity contribution >= 4 is 27.5 Å². The molecular weight excluding hydrogens is 326 g/mol. The topological polar surface area (TPSA) is 29.9 Å². The fourth-order valence-electron chi connectivity index (χ4n) is 2.00. The van der Waals surface area contributed by atoms with Crippen LogP contribution in [0.4, 0.5) is 0 Å². The first kappa shape index (κ1) is 14.6. The molecule has 2 rings (SSSR count). The van der Waals surface area contributed by atoms with Gasteiger partial charge in [0, 0.05) is 24.1 Å². The number of hydrogen-bond acceptors (Lipinski definition) is 2. The molecule has 102 valence electrons. The molecule has 0 aliphatic rings. The lowest BCUT2D eigenvalue weighted by atomic mass is 10.2. The first-order valence-electron chi connectivity index (χ1n) is 6.29. The van der Waals surface area contributed by atoms with Gasteiger partial charge in [-0.05, 0) is 25.5 Å². The quantitative estimate of drug-likeness (QED) is 0.892. The van der Waals surface area contributed by atoms with Gasteiger partial charge in [-0.1, -0.05) is 45.7 Å². The first-order chi connectivity index (χ1) is 9.13. The Balaban J connectivity index is 2.02. The molecule has 0 aliphatic carbocycles. The number of rotatable bonds is 5. The molecule has 0 bridgehead atoms. The molecule has 0 atom stereocenters. The van der Waals surface area contributed by atoms with Crippen LogP contribution in [0.15, 0.2) is 28.7 Å². The number of aryl methyl sites for hydroxylation is 2. The number of nitrogens with one attached hydrogen (secondary N) is 1. The minimum absolute atomic E-state index is 0.717. The van der Waals surface area contributed by atoms with Crippen LogP contribution in [0.5, 0.6) is 0 Å². The molecule has 5 heteroatoms. The highest BCUT2D eigenvalue weighted by Crippen LogP contribution is 2.20. The maximum Gasteiger partial charge on any atom is 0.0860 e. The van der Waals surface area contributed by atoms with Gasteiger partial charge in [-0.25, -0.2) is 0 Å². The van der Waals surface area contributed by atoms with Crippen molar-refractivity contribution in [1.82, 2.24) is 15.1 Å². The van der Waals surface area contributed by atoms with Gasteiger partial charge in [0.1, 0.15) is 0 Å². The molecule has 0 saturated carbocycles. The SMILES string of the molecule is CCn1nc(C)c(Cl)c1CNCc1ccccc1Br. The van der Waals surface area contributed by atoms with E-state index in [1.54, 1.807) is 0 Å². The van der Waals surface area contributed by atoms with Gasteiger partial charge in [0.05, 0.1) is 16.4 Å². The Morgan fingerprint density at radius 1 is 1.32 bits per heavy atom. The number of benzene rings is 1. The standard InChI is InChI=1S/C14H17BrClN3/c1-3-19-13(14(16)10(2)18-19)9-17-8-11-6-4-5-7-12(11)15/h4-7,17H,3,8-9H2,1-2H3. The normalized spacial score (nSPS) is 10.9. The van der Waals surface area contributed by atoms with E-state index in [0.29, 0.717) is 0 Å². The van der Waals surface area contributed by atoms with Crippen molar-refractivity contribution in [2.24, 2.45) is 0 Å². The fourth-order valence-corrected chi connectivity index (χ4v) is 2.62. The van der Waals surface area contributed by atoms with E-state index in [1.807, 2.05) is 29.8 Å². The van der Waals surface area contributed by atoms with Crippen molar-refractivity contribution in [2.75, 3.05) is 0 Å². The minimum Gasteiger partial charge on any atom is -0.307 e. The Hall–Kier alpha value is -0.840. The summed E-state index contributed by atoms with van der Waals surface area (Å²) in [6.45, 7) is 6.35. The molecule has 1 aromatic carbocycles. The molecule has 1 aromatic heterocycles. The van der Waals surface area contributed by atoms with E-state index < -0.39 is 0 Å². The van der Waals surface area contributed by atoms with Crippen LogP contribution in [-0.4, -0.2) is 9.78 Å². The Morgan fingerprint density at radius 2 is 2.05 bits per heavy atom. The predicted molar refractivity (Wildman–Crippen MR) is 82.3 cm³/mol. The molecule has 1 N–H and O–H groups in total. The first-order valence-corrected chi connectivity index (χ1v) is 7.46. The van der Waals surface area contributed by atoms with Crippen molar-refractivity contribution in [3.05, 3.63) is 50.7 Å². The molecular formula is C14H17BrClN3. The molecule has 1 heterocycles. The van der Waals surface area contributed by atoms with E-state index >= 15 is 0 Å². The third-order valence-electron chi connectivity index (χ3n) is 3.02. The van der Waals surface area contributed by atoms with Gasteiger partial charge < -0.3 is 5.32 Å². The van der Waals surface area contributed by atoms with E-state index in [4.69, 9.17) is 11.6 Å². The summed E-state index contributed by atoms with van der Waals surface area (Å²) in [5.41, 5.74) is 3.17. The van der Waals surface area contributed by atoms with E-state index in [9.17, 15) is 0 Å². The lowest BCUT2D eigenvalue weighted by Crippen LogP contribution is -2.16. The lowest BCUT2D eigenvalue weighted by Gasteiger charge is -2.08. The van der Waals surface area contributed by atoms with Gasteiger partial charge in [-0.3, -0.25) is 4.68 Å². The highest BCUT2D eigenvalue weighted by atomic mass is 79.9. The molecule has 0 aliphatic heterocycles. The zero-order valence-corrected chi connectivity index (χ0v) is 13.4. The summed E-state index contributed by atoms with van der Waals surface area (Å²) < 4.78 is 3.07. The summed E-state index contributed by atoms with van der Waals surface area (Å²) in [7, 11) is 0. The molecule has 3 nitrogen and oxygen atoms in total. The van der Waals surface area contributed by atoms with E-state index in [2.05, 4.69) is 39.3 Å². The molecule has 0 saturated heterocycles. The van der Waals surface area contributed by atoms with Crippen LogP contribution in [-0.2, 0) is 19.6 Å². The zero-order chi connectivity index (χ0) is 13.8. The Kier molecular flexibility index (Phi) is 5.02. The smallest absolute Gasteiger partial charge is 0.0860 e. The Bertz CT molecular complexity index is 566. The second-order valence-corrected chi connectivity index (χ2v) is 5.59. The summed E-state index contributed by atoms with van der Waals surface area (Å²) in [5.74, 6) is 0. The molecule has 0 fully saturated rings. The highest BCUT2D eigenvalue weighted by Gasteiger charge is 2.11. The Labute approximate surface area is 127 Å². The largest absolute Gasteiger partial charge is 0.307 e. The third kappa shape index (κ3) is 3.38. The van der Waals surface area contributed by atoms with Crippen molar-refractivity contribution in [3.63, 3.8) is 0 Å². The number of hydrogen-bond donors (Lipinski definition) is 1. The van der Waals surface area contributed by atoms with Crippen LogP contribution in [0.3, 0.4) is 0 Å². The third-order valence-corrected chi connectivity index (χ3v) is 4.28. The maximum atomic E-state index is 6.27. The lowest BCUT2D eigenvalue weighted by molar-refractivity contribution is 0.579. The monoisotopic (exact) mass is 341 g/mol. The van der Waals surface area contributed by atoms with E-state index in [1.165, 1.54) is 5.56 Å². The average molecular weight is 343 g/mol. The van der Waals surface area contributed by atoms with Crippen LogP contribution in [0.1, 0.15) is 23.9 Å². The number of nitrogens with zero attached hydrogens (tertiary/aromatic N) is 2. The average Bonchev–Trinajstić information content (AvgIpc) is 2.68. The van der Waals surface area contributed by atoms with Gasteiger partial charge >= 0.3 is 0 Å². The summed E-state index contributed by atoms with van der Waals surface area (Å²) >= 11 is 9.82. The van der Waals surface area contributed by atoms with Gasteiger partial charge in [-0.2, -0.15) is 5.10 Å². The van der Waals surface area contributed by atoms with Crippen LogP contribution < -0.4 is 5.32 Å². The van der Waals surface area contributed by atoms with Crippen molar-refractivity contribution in [2.45, 2.75) is 33.5 Å². The summed E-state index contributed by atoms with van der Waals surface area (Å²) in [4.78, 5) is 0. The fraction of sp³-hybridized carbons (Fsp3) is 0.357. The number of aromatic nitrogens is 2. The van der Waals surface area contributed by atoms with E-state index in [-0.39, 0.29) is 0 Å². The van der Waals surface area contributed by atoms with Crippen LogP contribution in [0.25, 0.3) is 0 Å². The summed E-state index contributed by atoms with van der Waals surface area (Å²) in [6, 6.07) is 8.20. The van der Waals surface area contributed by atoms with Gasteiger partial charge in [-0.15, -0.1) is 0 Å². The minimum atomic E-state index is 0.717. The second-order valence-electron chi connectivity index (χ2n) is 4.36. The Morgan fingerprint density at radius 3 is 2.74 bits per heavy atom. The molecule has 2 aromatic rings. The van der Waals surface area contributed by atoms with Gasteiger partial charge in [0.25, 0.3) is 0 Å². The zero-order valence-electron chi connectivity index (χ0n) is 11.1. The highest BCUT2D eigenvalue weighted by molar-refractivity contribution is 9.10. The molecule has 0 spiro atoms. The van der Waals surface area contributed by atoms with Crippen LogP contribution >= 0.6 is 27.5 Å². The van der Waals surface area contributed by atoms with E-state index in [0.717, 1.165) is 40.5 Å². The van der Waals surface area contributed by atoms with Crippen molar-refractivity contribution in [1.29, 1.82) is 0 Å². The summed E-state index contributed by atoms with van der Waals surface area (Å²) in [5, 5.41) is 8.58. The maximum absolute atomic E-state index is 6.27. The molecule has 0 amide bonds. The predicted octanol–water partition coefficient (Wildman–Crippen LogP) is 3.92. The van der Waals surface area contributed by atoms with Gasteiger partial charge in [0.15, 0.2) is 0 Å². The second kappa shape index (κ2) is 6.55. The van der Waals surface area contributed by atoms with Gasteiger partial charge in [0.2, 0.25) is 0 Å². The van der Waals surface area contributed by atoms with Crippen LogP contribution in [0, 0.1) is 6.92 Å². The van der Waals surface area contributed by atoms with Crippen molar-refractivity contribution in [3.8, 4) is 0 Å². The number of halogens is 2. The van der Waals surface area contributed by atoms with Crippen molar-refractivity contribution < 1.29 is 0 Å². The molecule has 0 radical (unpaired) electrons. The molecule has 19 heavy (non-hydrogen) atoms.